The lowest BCUT2D eigenvalue weighted by Gasteiger charge is -2.35. The van der Waals surface area contributed by atoms with E-state index >= 15 is 0 Å². The Bertz CT molecular complexity index is 812. The highest BCUT2D eigenvalue weighted by molar-refractivity contribution is 6.21. The Kier molecular flexibility index (Phi) is 4.22. The molecule has 2 amide bonds. The lowest BCUT2D eigenvalue weighted by molar-refractivity contribution is -0.0770. The van der Waals surface area contributed by atoms with E-state index in [1.807, 2.05) is 0 Å². The number of hydrogen-bond acceptors (Lipinski definition) is 5. The second kappa shape index (κ2) is 6.22. The van der Waals surface area contributed by atoms with Crippen LogP contribution in [0.3, 0.4) is 0 Å². The van der Waals surface area contributed by atoms with Gasteiger partial charge in [0.15, 0.2) is 17.2 Å². The predicted octanol–water partition coefficient (Wildman–Crippen LogP) is 2.56. The monoisotopic (exact) mass is 341 g/mol. The normalized spacial score (nSPS) is 15.8. The summed E-state index contributed by atoms with van der Waals surface area (Å²) in [5.41, 5.74) is -0.825. The van der Waals surface area contributed by atoms with Gasteiger partial charge in [0, 0.05) is 5.56 Å². The van der Waals surface area contributed by atoms with Crippen molar-refractivity contribution in [1.29, 1.82) is 0 Å². The van der Waals surface area contributed by atoms with Crippen molar-refractivity contribution in [1.82, 2.24) is 4.90 Å². The minimum Gasteiger partial charge on any atom is -0.493 e. The molecule has 0 fully saturated rings. The summed E-state index contributed by atoms with van der Waals surface area (Å²) in [6.45, 7) is 1.71. The Morgan fingerprint density at radius 3 is 2.00 bits per heavy atom. The summed E-state index contributed by atoms with van der Waals surface area (Å²) in [5, 5.41) is 11.3. The van der Waals surface area contributed by atoms with Crippen LogP contribution < -0.4 is 9.47 Å². The molecule has 130 valence electrons. The van der Waals surface area contributed by atoms with Gasteiger partial charge in [0.2, 0.25) is 0 Å². The van der Waals surface area contributed by atoms with Crippen molar-refractivity contribution in [2.75, 3.05) is 14.2 Å². The van der Waals surface area contributed by atoms with Gasteiger partial charge in [0.05, 0.1) is 25.3 Å². The van der Waals surface area contributed by atoms with Crippen molar-refractivity contribution >= 4 is 11.8 Å². The fraction of sp³-hybridized carbons (Fsp3) is 0.263. The van der Waals surface area contributed by atoms with Crippen LogP contribution in [-0.2, 0) is 5.72 Å². The summed E-state index contributed by atoms with van der Waals surface area (Å²) in [5.74, 6) is -0.130. The smallest absolute Gasteiger partial charge is 0.264 e. The van der Waals surface area contributed by atoms with Crippen molar-refractivity contribution in [2.24, 2.45) is 0 Å². The van der Waals surface area contributed by atoms with E-state index in [2.05, 4.69) is 0 Å². The van der Waals surface area contributed by atoms with Crippen LogP contribution in [0.15, 0.2) is 42.5 Å². The van der Waals surface area contributed by atoms with Gasteiger partial charge in [-0.05, 0) is 30.7 Å². The summed E-state index contributed by atoms with van der Waals surface area (Å²) in [7, 11) is 2.99. The second-order valence-electron chi connectivity index (χ2n) is 5.73. The SMILES string of the molecule is CCC(O)(c1ccc(OC)c(OC)c1)N1C(=O)c2ccccc2C1=O. The zero-order valence-corrected chi connectivity index (χ0v) is 14.3. The molecule has 25 heavy (non-hydrogen) atoms. The minimum atomic E-state index is -1.78. The molecule has 2 aromatic carbocycles. The van der Waals surface area contributed by atoms with Crippen LogP contribution in [0.4, 0.5) is 0 Å². The molecule has 0 saturated carbocycles. The fourth-order valence-corrected chi connectivity index (χ4v) is 3.10. The van der Waals surface area contributed by atoms with E-state index in [4.69, 9.17) is 9.47 Å². The van der Waals surface area contributed by atoms with Gasteiger partial charge in [-0.15, -0.1) is 0 Å². The standard InChI is InChI=1S/C19H19NO5/c1-4-19(23,12-9-10-15(24-2)16(11-12)25-3)20-17(21)13-7-5-6-8-14(13)18(20)22/h5-11,23H,4H2,1-3H3. The van der Waals surface area contributed by atoms with Gasteiger partial charge in [-0.1, -0.05) is 25.1 Å². The maximum atomic E-state index is 12.8. The Morgan fingerprint density at radius 2 is 1.52 bits per heavy atom. The molecule has 1 unspecified atom stereocenters. The van der Waals surface area contributed by atoms with Gasteiger partial charge >= 0.3 is 0 Å². The zero-order chi connectivity index (χ0) is 18.2. The highest BCUT2D eigenvalue weighted by Gasteiger charge is 2.48. The number of carbonyl (C=O) groups excluding carboxylic acids is 2. The first-order valence-corrected chi connectivity index (χ1v) is 7.90. The average Bonchev–Trinajstić information content (AvgIpc) is 2.92. The highest BCUT2D eigenvalue weighted by Crippen LogP contribution is 2.39. The van der Waals surface area contributed by atoms with E-state index in [1.165, 1.54) is 14.2 Å². The van der Waals surface area contributed by atoms with Gasteiger partial charge in [0.1, 0.15) is 0 Å². The molecule has 2 aromatic rings. The molecule has 6 nitrogen and oxygen atoms in total. The van der Waals surface area contributed by atoms with Crippen LogP contribution in [0.25, 0.3) is 0 Å². The third-order valence-electron chi connectivity index (χ3n) is 4.50. The molecule has 1 aliphatic heterocycles. The third kappa shape index (κ3) is 2.46. The molecule has 0 bridgehead atoms. The van der Waals surface area contributed by atoms with Crippen molar-refractivity contribution in [3.8, 4) is 11.5 Å². The van der Waals surface area contributed by atoms with E-state index < -0.39 is 17.5 Å². The molecule has 0 saturated heterocycles. The summed E-state index contributed by atoms with van der Waals surface area (Å²) in [6, 6.07) is 11.4. The number of methoxy groups -OCH3 is 2. The van der Waals surface area contributed by atoms with Gasteiger partial charge in [0.25, 0.3) is 11.8 Å². The summed E-state index contributed by atoms with van der Waals surface area (Å²) < 4.78 is 10.5. The summed E-state index contributed by atoms with van der Waals surface area (Å²) >= 11 is 0. The quantitative estimate of drug-likeness (QED) is 0.846. The lowest BCUT2D eigenvalue weighted by atomic mass is 9.97. The van der Waals surface area contributed by atoms with Crippen LogP contribution in [0.2, 0.25) is 0 Å². The van der Waals surface area contributed by atoms with Crippen molar-refractivity contribution in [3.63, 3.8) is 0 Å². The molecule has 1 aliphatic rings. The Hall–Kier alpha value is -2.86. The number of amides is 2. The first-order chi connectivity index (χ1) is 12.0. The fourth-order valence-electron chi connectivity index (χ4n) is 3.10. The van der Waals surface area contributed by atoms with E-state index in [1.54, 1.807) is 49.4 Å². The van der Waals surface area contributed by atoms with Gasteiger partial charge < -0.3 is 14.6 Å². The Labute approximate surface area is 145 Å². The summed E-state index contributed by atoms with van der Waals surface area (Å²) in [4.78, 5) is 26.4. The zero-order valence-electron chi connectivity index (χ0n) is 14.3. The number of carbonyl (C=O) groups is 2. The molecule has 3 rings (SSSR count). The molecule has 1 atom stereocenters. The molecule has 0 radical (unpaired) electrons. The second-order valence-corrected chi connectivity index (χ2v) is 5.73. The van der Waals surface area contributed by atoms with E-state index in [0.29, 0.717) is 28.2 Å². The van der Waals surface area contributed by atoms with E-state index in [-0.39, 0.29) is 6.42 Å². The van der Waals surface area contributed by atoms with Crippen molar-refractivity contribution in [2.45, 2.75) is 19.1 Å². The molecule has 1 N–H and O–H groups in total. The number of rotatable bonds is 5. The highest BCUT2D eigenvalue weighted by atomic mass is 16.5. The molecule has 0 aromatic heterocycles. The molecule has 6 heteroatoms. The number of aliphatic hydroxyl groups is 1. The van der Waals surface area contributed by atoms with Crippen LogP contribution in [0.5, 0.6) is 11.5 Å². The number of hydrogen-bond donors (Lipinski definition) is 1. The van der Waals surface area contributed by atoms with Crippen LogP contribution in [-0.4, -0.2) is 36.0 Å². The number of nitrogens with zero attached hydrogens (tertiary/aromatic N) is 1. The lowest BCUT2D eigenvalue weighted by Crippen LogP contribution is -2.49. The van der Waals surface area contributed by atoms with Gasteiger partial charge in [-0.2, -0.15) is 0 Å². The molecule has 0 spiro atoms. The number of ether oxygens (including phenoxy) is 2. The van der Waals surface area contributed by atoms with Crippen molar-refractivity contribution < 1.29 is 24.2 Å². The number of benzene rings is 2. The summed E-state index contributed by atoms with van der Waals surface area (Å²) in [6.07, 6.45) is 0.133. The Morgan fingerprint density at radius 1 is 0.960 bits per heavy atom. The maximum absolute atomic E-state index is 12.8. The van der Waals surface area contributed by atoms with E-state index in [0.717, 1.165) is 4.90 Å². The van der Waals surface area contributed by atoms with Crippen molar-refractivity contribution in [3.05, 3.63) is 59.2 Å². The number of imide groups is 1. The molecular formula is C19H19NO5. The third-order valence-corrected chi connectivity index (χ3v) is 4.50. The molecule has 0 aliphatic carbocycles. The van der Waals surface area contributed by atoms with Crippen LogP contribution in [0, 0.1) is 0 Å². The first-order valence-electron chi connectivity index (χ1n) is 7.90. The van der Waals surface area contributed by atoms with Crippen LogP contribution in [0.1, 0.15) is 39.6 Å². The topological polar surface area (TPSA) is 76.1 Å². The first kappa shape index (κ1) is 17.0. The minimum absolute atomic E-state index is 0.133. The molecular weight excluding hydrogens is 322 g/mol. The van der Waals surface area contributed by atoms with E-state index in [9.17, 15) is 14.7 Å². The number of fused-ring (bicyclic) bond motifs is 1. The Balaban J connectivity index is 2.11. The van der Waals surface area contributed by atoms with Gasteiger partial charge in [-0.3, -0.25) is 9.59 Å². The average molecular weight is 341 g/mol. The largest absolute Gasteiger partial charge is 0.493 e. The predicted molar refractivity (Wildman–Crippen MR) is 90.7 cm³/mol. The van der Waals surface area contributed by atoms with Gasteiger partial charge in [-0.25, -0.2) is 4.90 Å². The van der Waals surface area contributed by atoms with Crippen LogP contribution >= 0.6 is 0 Å². The molecule has 1 heterocycles. The maximum Gasteiger partial charge on any atom is 0.264 e.